The van der Waals surface area contributed by atoms with Crippen molar-refractivity contribution in [2.45, 2.75) is 33.2 Å². The van der Waals surface area contributed by atoms with Crippen LogP contribution in [0.4, 0.5) is 0 Å². The molecular formula is C28H30N4O2. The molecule has 5 rings (SSSR count). The van der Waals surface area contributed by atoms with Crippen LogP contribution in [0.1, 0.15) is 29.7 Å². The molecule has 0 spiro atoms. The number of rotatable bonds is 7. The zero-order chi connectivity index (χ0) is 23.3. The molecule has 0 saturated carbocycles. The number of benzene rings is 2. The van der Waals surface area contributed by atoms with Crippen LogP contribution in [0.15, 0.2) is 71.3 Å². The predicted octanol–water partition coefficient (Wildman–Crippen LogP) is 5.71. The summed E-state index contributed by atoms with van der Waals surface area (Å²) >= 11 is 0. The quantitative estimate of drug-likeness (QED) is 0.357. The van der Waals surface area contributed by atoms with Crippen LogP contribution in [-0.4, -0.2) is 39.7 Å². The van der Waals surface area contributed by atoms with E-state index in [0.717, 1.165) is 36.6 Å². The van der Waals surface area contributed by atoms with Crippen molar-refractivity contribution in [1.82, 2.24) is 20.0 Å². The fourth-order valence-corrected chi connectivity index (χ4v) is 4.43. The van der Waals surface area contributed by atoms with E-state index in [1.165, 1.54) is 24.0 Å². The van der Waals surface area contributed by atoms with Crippen LogP contribution in [-0.2, 0) is 6.54 Å². The Labute approximate surface area is 200 Å². The number of aryl methyl sites for hydroxylation is 2. The highest BCUT2D eigenvalue weighted by Crippen LogP contribution is 2.26. The van der Waals surface area contributed by atoms with Crippen LogP contribution in [0.5, 0.6) is 5.75 Å². The van der Waals surface area contributed by atoms with Crippen LogP contribution in [0.25, 0.3) is 23.0 Å². The molecule has 1 fully saturated rings. The standard InChI is InChI=1S/C28H30N4O2/c1-20-11-13-22(14-12-20)17-32-15-5-7-23(18-32)19-33-25-9-4-8-24(16-25)28-30-27(31-34-28)26-10-3-6-21(2)29-26/h3-4,6,8-14,16,23H,5,7,15,17-19H2,1-2H3. The molecule has 1 aliphatic heterocycles. The molecule has 6 nitrogen and oxygen atoms in total. The Morgan fingerprint density at radius 2 is 1.85 bits per heavy atom. The van der Waals surface area contributed by atoms with E-state index in [0.29, 0.717) is 29.9 Å². The van der Waals surface area contributed by atoms with E-state index >= 15 is 0 Å². The van der Waals surface area contributed by atoms with Gasteiger partial charge in [0.15, 0.2) is 0 Å². The molecule has 1 aliphatic rings. The summed E-state index contributed by atoms with van der Waals surface area (Å²) in [5, 5.41) is 4.11. The van der Waals surface area contributed by atoms with Crippen molar-refractivity contribution in [2.24, 2.45) is 5.92 Å². The van der Waals surface area contributed by atoms with E-state index in [1.807, 2.05) is 49.4 Å². The predicted molar refractivity (Wildman–Crippen MR) is 132 cm³/mol. The summed E-state index contributed by atoms with van der Waals surface area (Å²) in [5.74, 6) is 2.29. The number of ether oxygens (including phenoxy) is 1. The van der Waals surface area contributed by atoms with Crippen molar-refractivity contribution >= 4 is 0 Å². The first-order valence-electron chi connectivity index (χ1n) is 11.9. The average molecular weight is 455 g/mol. The van der Waals surface area contributed by atoms with Gasteiger partial charge in [-0.05, 0) is 69.1 Å². The molecule has 34 heavy (non-hydrogen) atoms. The highest BCUT2D eigenvalue weighted by molar-refractivity contribution is 5.59. The highest BCUT2D eigenvalue weighted by Gasteiger charge is 2.21. The van der Waals surface area contributed by atoms with Gasteiger partial charge in [-0.1, -0.05) is 47.1 Å². The minimum Gasteiger partial charge on any atom is -0.493 e. The van der Waals surface area contributed by atoms with Crippen molar-refractivity contribution in [3.05, 3.63) is 83.6 Å². The largest absolute Gasteiger partial charge is 0.493 e. The second-order valence-electron chi connectivity index (χ2n) is 9.16. The second-order valence-corrected chi connectivity index (χ2v) is 9.16. The van der Waals surface area contributed by atoms with Crippen LogP contribution in [0, 0.1) is 19.8 Å². The number of aromatic nitrogens is 3. The van der Waals surface area contributed by atoms with Gasteiger partial charge in [0.1, 0.15) is 11.4 Å². The van der Waals surface area contributed by atoms with Crippen molar-refractivity contribution in [2.75, 3.05) is 19.7 Å². The van der Waals surface area contributed by atoms with Crippen molar-refractivity contribution in [1.29, 1.82) is 0 Å². The summed E-state index contributed by atoms with van der Waals surface area (Å²) < 4.78 is 11.7. The van der Waals surface area contributed by atoms with Gasteiger partial charge in [0.05, 0.1) is 6.61 Å². The first-order valence-corrected chi connectivity index (χ1v) is 11.9. The molecule has 174 valence electrons. The zero-order valence-electron chi connectivity index (χ0n) is 19.8. The Hall–Kier alpha value is -3.51. The Morgan fingerprint density at radius 1 is 1.00 bits per heavy atom. The molecular weight excluding hydrogens is 424 g/mol. The highest BCUT2D eigenvalue weighted by atomic mass is 16.5. The number of nitrogens with zero attached hydrogens (tertiary/aromatic N) is 4. The maximum atomic E-state index is 6.20. The third-order valence-corrected chi connectivity index (χ3v) is 6.24. The fourth-order valence-electron chi connectivity index (χ4n) is 4.43. The van der Waals surface area contributed by atoms with Gasteiger partial charge in [-0.3, -0.25) is 4.90 Å². The lowest BCUT2D eigenvalue weighted by Crippen LogP contribution is -2.37. The molecule has 1 atom stereocenters. The van der Waals surface area contributed by atoms with Gasteiger partial charge in [0, 0.05) is 30.3 Å². The molecule has 2 aromatic heterocycles. The molecule has 0 N–H and O–H groups in total. The molecule has 0 bridgehead atoms. The molecule has 6 heteroatoms. The molecule has 4 aromatic rings. The van der Waals surface area contributed by atoms with E-state index in [1.54, 1.807) is 0 Å². The molecule has 2 aromatic carbocycles. The summed E-state index contributed by atoms with van der Waals surface area (Å²) in [6.45, 7) is 7.99. The lowest BCUT2D eigenvalue weighted by Gasteiger charge is -2.32. The van der Waals surface area contributed by atoms with Crippen molar-refractivity contribution in [3.63, 3.8) is 0 Å². The van der Waals surface area contributed by atoms with E-state index < -0.39 is 0 Å². The van der Waals surface area contributed by atoms with Crippen LogP contribution >= 0.6 is 0 Å². The fraction of sp³-hybridized carbons (Fsp3) is 0.321. The lowest BCUT2D eigenvalue weighted by atomic mass is 9.98. The molecule has 3 heterocycles. The first-order chi connectivity index (χ1) is 16.6. The summed E-state index contributed by atoms with van der Waals surface area (Å²) in [7, 11) is 0. The van der Waals surface area contributed by atoms with Gasteiger partial charge < -0.3 is 9.26 Å². The molecule has 0 radical (unpaired) electrons. The normalized spacial score (nSPS) is 16.5. The maximum Gasteiger partial charge on any atom is 0.258 e. The van der Waals surface area contributed by atoms with E-state index in [-0.39, 0.29) is 0 Å². The van der Waals surface area contributed by atoms with Gasteiger partial charge in [-0.15, -0.1) is 0 Å². The molecule has 1 saturated heterocycles. The van der Waals surface area contributed by atoms with Gasteiger partial charge >= 0.3 is 0 Å². The summed E-state index contributed by atoms with van der Waals surface area (Å²) in [5.41, 5.74) is 5.14. The van der Waals surface area contributed by atoms with Crippen LogP contribution < -0.4 is 4.74 Å². The summed E-state index contributed by atoms with van der Waals surface area (Å²) in [6.07, 6.45) is 2.40. The minimum absolute atomic E-state index is 0.464. The summed E-state index contributed by atoms with van der Waals surface area (Å²) in [4.78, 5) is 11.5. The van der Waals surface area contributed by atoms with Crippen molar-refractivity contribution in [3.8, 4) is 28.7 Å². The van der Waals surface area contributed by atoms with Crippen LogP contribution in [0.3, 0.4) is 0 Å². The third-order valence-electron chi connectivity index (χ3n) is 6.24. The van der Waals surface area contributed by atoms with E-state index in [9.17, 15) is 0 Å². The number of hydrogen-bond acceptors (Lipinski definition) is 6. The average Bonchev–Trinajstić information content (AvgIpc) is 3.35. The second kappa shape index (κ2) is 10.2. The Balaban J connectivity index is 1.19. The molecule has 0 amide bonds. The van der Waals surface area contributed by atoms with Gasteiger partial charge in [-0.25, -0.2) is 4.98 Å². The molecule has 1 unspecified atom stereocenters. The first kappa shape index (κ1) is 22.3. The number of likely N-dealkylation sites (tertiary alicyclic amines) is 1. The van der Waals surface area contributed by atoms with Gasteiger partial charge in [0.25, 0.3) is 5.89 Å². The maximum absolute atomic E-state index is 6.20. The number of hydrogen-bond donors (Lipinski definition) is 0. The topological polar surface area (TPSA) is 64.3 Å². The summed E-state index contributed by atoms with van der Waals surface area (Å²) in [6, 6.07) is 22.5. The monoisotopic (exact) mass is 454 g/mol. The minimum atomic E-state index is 0.464. The SMILES string of the molecule is Cc1ccc(CN2CCCC(COc3cccc(-c4nc(-c5cccc(C)n5)no4)c3)C2)cc1. The smallest absolute Gasteiger partial charge is 0.258 e. The van der Waals surface area contributed by atoms with Gasteiger partial charge in [-0.2, -0.15) is 4.98 Å². The van der Waals surface area contributed by atoms with E-state index in [2.05, 4.69) is 51.2 Å². The third kappa shape index (κ3) is 5.51. The lowest BCUT2D eigenvalue weighted by molar-refractivity contribution is 0.125. The van der Waals surface area contributed by atoms with Gasteiger partial charge in [0.2, 0.25) is 5.82 Å². The number of pyridine rings is 1. The van der Waals surface area contributed by atoms with Crippen LogP contribution in [0.2, 0.25) is 0 Å². The zero-order valence-corrected chi connectivity index (χ0v) is 19.8. The van der Waals surface area contributed by atoms with Crippen molar-refractivity contribution < 1.29 is 9.26 Å². The Bertz CT molecular complexity index is 1240. The number of piperidine rings is 1. The Morgan fingerprint density at radius 3 is 2.71 bits per heavy atom. The molecule has 0 aliphatic carbocycles. The Kier molecular flexibility index (Phi) is 6.67. The van der Waals surface area contributed by atoms with E-state index in [4.69, 9.17) is 9.26 Å².